The Labute approximate surface area is 156 Å². The molecule has 0 N–H and O–H groups in total. The zero-order chi connectivity index (χ0) is 18.8. The van der Waals surface area contributed by atoms with Crippen molar-refractivity contribution in [1.82, 2.24) is 9.55 Å². The summed E-state index contributed by atoms with van der Waals surface area (Å²) in [6.07, 6.45) is 1.68. The molecule has 4 aromatic rings. The van der Waals surface area contributed by atoms with Crippen LogP contribution < -0.4 is 14.9 Å². The van der Waals surface area contributed by atoms with Crippen molar-refractivity contribution in [2.75, 3.05) is 14.2 Å². The third-order valence-corrected chi connectivity index (χ3v) is 4.47. The molecule has 0 aliphatic rings. The molecule has 0 amide bonds. The van der Waals surface area contributed by atoms with Gasteiger partial charge in [-0.2, -0.15) is 0 Å². The third kappa shape index (κ3) is 2.93. The number of rotatable bonds is 4. The summed E-state index contributed by atoms with van der Waals surface area (Å²) in [6, 6.07) is 20.5. The Bertz CT molecular complexity index is 1170. The Hall–Kier alpha value is -3.60. The Morgan fingerprint density at radius 2 is 1.70 bits per heavy atom. The zero-order valence-corrected chi connectivity index (χ0v) is 15.0. The number of ether oxygens (including phenoxy) is 2. The number of benzene rings is 2. The lowest BCUT2D eigenvalue weighted by Gasteiger charge is -2.19. The summed E-state index contributed by atoms with van der Waals surface area (Å²) >= 11 is 0. The third-order valence-electron chi connectivity index (χ3n) is 4.47. The topological polar surface area (TPSA) is 53.4 Å². The predicted molar refractivity (Wildman–Crippen MR) is 106 cm³/mol. The van der Waals surface area contributed by atoms with Crippen LogP contribution in [0.2, 0.25) is 0 Å². The van der Waals surface area contributed by atoms with E-state index in [2.05, 4.69) is 4.98 Å². The normalized spacial score (nSPS) is 10.7. The molecule has 2 heterocycles. The van der Waals surface area contributed by atoms with Crippen LogP contribution in [0.4, 0.5) is 0 Å². The van der Waals surface area contributed by atoms with Crippen molar-refractivity contribution in [2.24, 2.45) is 0 Å². The van der Waals surface area contributed by atoms with Gasteiger partial charge in [-0.25, -0.2) is 4.98 Å². The first-order valence-electron chi connectivity index (χ1n) is 8.51. The van der Waals surface area contributed by atoms with Gasteiger partial charge in [0.05, 0.1) is 31.0 Å². The molecule has 0 fully saturated rings. The summed E-state index contributed by atoms with van der Waals surface area (Å²) in [4.78, 5) is 17.2. The van der Waals surface area contributed by atoms with E-state index in [4.69, 9.17) is 9.47 Å². The van der Waals surface area contributed by atoms with Gasteiger partial charge in [-0.3, -0.25) is 9.36 Å². The van der Waals surface area contributed by atoms with Gasteiger partial charge in [0.25, 0.3) is 0 Å². The summed E-state index contributed by atoms with van der Waals surface area (Å²) in [5.41, 5.74) is 2.95. The molecular formula is C22H18N2O3. The summed E-state index contributed by atoms with van der Waals surface area (Å²) in [7, 11) is 3.22. The fourth-order valence-electron chi connectivity index (χ4n) is 3.18. The SMILES string of the molecule is COc1ccc(-n2c(-c3ccccc3)cc(=O)c3cccnc32)c(OC)c1. The molecule has 0 spiro atoms. The molecule has 0 aliphatic carbocycles. The molecule has 4 rings (SSSR count). The smallest absolute Gasteiger partial charge is 0.191 e. The maximum atomic E-state index is 12.7. The van der Waals surface area contributed by atoms with Gasteiger partial charge in [-0.05, 0) is 29.8 Å². The van der Waals surface area contributed by atoms with Crippen molar-refractivity contribution in [2.45, 2.75) is 0 Å². The minimum atomic E-state index is -0.0688. The molecule has 134 valence electrons. The number of hydrogen-bond acceptors (Lipinski definition) is 4. The molecule has 0 unspecified atom stereocenters. The molecule has 0 saturated heterocycles. The average molecular weight is 358 g/mol. The first-order valence-corrected chi connectivity index (χ1v) is 8.51. The van der Waals surface area contributed by atoms with E-state index in [1.54, 1.807) is 38.6 Å². The Balaban J connectivity index is 2.13. The maximum absolute atomic E-state index is 12.7. The molecule has 0 saturated carbocycles. The number of pyridine rings is 2. The highest BCUT2D eigenvalue weighted by Gasteiger charge is 2.17. The van der Waals surface area contributed by atoms with Crippen molar-refractivity contribution in [3.63, 3.8) is 0 Å². The fraction of sp³-hybridized carbons (Fsp3) is 0.0909. The van der Waals surface area contributed by atoms with E-state index in [0.717, 1.165) is 16.9 Å². The van der Waals surface area contributed by atoms with Gasteiger partial charge in [0.15, 0.2) is 5.43 Å². The summed E-state index contributed by atoms with van der Waals surface area (Å²) in [5, 5.41) is 0.551. The van der Waals surface area contributed by atoms with Crippen LogP contribution in [0.5, 0.6) is 11.5 Å². The molecule has 27 heavy (non-hydrogen) atoms. The lowest BCUT2D eigenvalue weighted by atomic mass is 10.1. The molecule has 0 radical (unpaired) electrons. The predicted octanol–water partition coefficient (Wildman–Crippen LogP) is 4.07. The van der Waals surface area contributed by atoms with Crippen molar-refractivity contribution in [3.05, 3.63) is 83.2 Å². The first-order chi connectivity index (χ1) is 13.2. The van der Waals surface area contributed by atoms with Crippen LogP contribution in [0.25, 0.3) is 28.0 Å². The lowest BCUT2D eigenvalue weighted by Crippen LogP contribution is -2.12. The molecule has 5 heteroatoms. The van der Waals surface area contributed by atoms with Crippen LogP contribution in [-0.4, -0.2) is 23.8 Å². The van der Waals surface area contributed by atoms with Crippen LogP contribution in [0, 0.1) is 0 Å². The number of aromatic nitrogens is 2. The van der Waals surface area contributed by atoms with Gasteiger partial charge in [0.1, 0.15) is 17.1 Å². The molecule has 0 aliphatic heterocycles. The molecular weight excluding hydrogens is 340 g/mol. The first kappa shape index (κ1) is 16.8. The van der Waals surface area contributed by atoms with E-state index in [-0.39, 0.29) is 5.43 Å². The second-order valence-corrected chi connectivity index (χ2v) is 6.01. The average Bonchev–Trinajstić information content (AvgIpc) is 2.74. The minimum Gasteiger partial charge on any atom is -0.497 e. The Kier molecular flexibility index (Phi) is 4.34. The molecule has 0 bridgehead atoms. The van der Waals surface area contributed by atoms with E-state index in [1.165, 1.54) is 0 Å². The second-order valence-electron chi connectivity index (χ2n) is 6.01. The monoisotopic (exact) mass is 358 g/mol. The molecule has 2 aromatic heterocycles. The molecule has 2 aromatic carbocycles. The second kappa shape index (κ2) is 6.96. The number of hydrogen-bond donors (Lipinski definition) is 0. The summed E-state index contributed by atoms with van der Waals surface area (Å²) in [5.74, 6) is 1.32. The van der Waals surface area contributed by atoms with Crippen molar-refractivity contribution < 1.29 is 9.47 Å². The number of nitrogens with zero attached hydrogens (tertiary/aromatic N) is 2. The Morgan fingerprint density at radius 3 is 2.44 bits per heavy atom. The lowest BCUT2D eigenvalue weighted by molar-refractivity contribution is 0.393. The van der Waals surface area contributed by atoms with Crippen LogP contribution in [0.1, 0.15) is 0 Å². The van der Waals surface area contributed by atoms with Gasteiger partial charge >= 0.3 is 0 Å². The van der Waals surface area contributed by atoms with Crippen LogP contribution in [0.3, 0.4) is 0 Å². The minimum absolute atomic E-state index is 0.0688. The Morgan fingerprint density at radius 1 is 0.889 bits per heavy atom. The van der Waals surface area contributed by atoms with Crippen LogP contribution in [0.15, 0.2) is 77.7 Å². The van der Waals surface area contributed by atoms with E-state index >= 15 is 0 Å². The van der Waals surface area contributed by atoms with Gasteiger partial charge in [0, 0.05) is 18.3 Å². The van der Waals surface area contributed by atoms with Gasteiger partial charge in [-0.15, -0.1) is 0 Å². The van der Waals surface area contributed by atoms with Crippen LogP contribution >= 0.6 is 0 Å². The fourth-order valence-corrected chi connectivity index (χ4v) is 3.18. The van der Waals surface area contributed by atoms with Gasteiger partial charge < -0.3 is 9.47 Å². The van der Waals surface area contributed by atoms with E-state index in [9.17, 15) is 4.79 Å². The standard InChI is InChI=1S/C22H18N2O3/c1-26-16-10-11-18(21(13-16)27-2)24-19(15-7-4-3-5-8-15)14-20(25)17-9-6-12-23-22(17)24/h3-14H,1-2H3. The van der Waals surface area contributed by atoms with E-state index in [0.29, 0.717) is 22.5 Å². The van der Waals surface area contributed by atoms with Gasteiger partial charge in [0.2, 0.25) is 0 Å². The van der Waals surface area contributed by atoms with Crippen LogP contribution in [-0.2, 0) is 0 Å². The molecule has 5 nitrogen and oxygen atoms in total. The maximum Gasteiger partial charge on any atom is 0.191 e. The zero-order valence-electron chi connectivity index (χ0n) is 15.0. The van der Waals surface area contributed by atoms with E-state index in [1.807, 2.05) is 53.1 Å². The van der Waals surface area contributed by atoms with Crippen molar-refractivity contribution in [1.29, 1.82) is 0 Å². The quantitative estimate of drug-likeness (QED) is 0.552. The van der Waals surface area contributed by atoms with Gasteiger partial charge in [-0.1, -0.05) is 30.3 Å². The highest BCUT2D eigenvalue weighted by atomic mass is 16.5. The number of methoxy groups -OCH3 is 2. The largest absolute Gasteiger partial charge is 0.497 e. The highest BCUT2D eigenvalue weighted by Crippen LogP contribution is 2.33. The molecule has 0 atom stereocenters. The van der Waals surface area contributed by atoms with E-state index < -0.39 is 0 Å². The summed E-state index contributed by atoms with van der Waals surface area (Å²) in [6.45, 7) is 0. The number of fused-ring (bicyclic) bond motifs is 1. The van der Waals surface area contributed by atoms with Crippen molar-refractivity contribution in [3.8, 4) is 28.4 Å². The summed E-state index contributed by atoms with van der Waals surface area (Å²) < 4.78 is 12.9. The highest BCUT2D eigenvalue weighted by molar-refractivity contribution is 5.82. The van der Waals surface area contributed by atoms with Crippen molar-refractivity contribution >= 4 is 11.0 Å².